The van der Waals surface area contributed by atoms with Gasteiger partial charge in [0, 0.05) is 33.5 Å². The van der Waals surface area contributed by atoms with Crippen molar-refractivity contribution >= 4 is 79.5 Å². The predicted octanol–water partition coefficient (Wildman–Crippen LogP) is 2.52. The molecule has 0 bridgehead atoms. The Morgan fingerprint density at radius 3 is 0.926 bits per heavy atom. The molecule has 0 atom stereocenters. The molecule has 0 aliphatic carbocycles. The molecule has 0 saturated carbocycles. The monoisotopic (exact) mass is 470 g/mol. The van der Waals surface area contributed by atoms with Crippen LogP contribution in [0.4, 0.5) is 0 Å². The molecule has 0 aliphatic rings. The SMILES string of the molecule is N=C(N)SCCC(CCSC(=N)N)SC(CCSC(=N)N)CCSC(=N)N. The Labute approximate surface area is 182 Å². The van der Waals surface area contributed by atoms with E-state index >= 15 is 0 Å². The fraction of sp³-hybridized carbons (Fsp3) is 0.714. The second-order valence-corrected chi connectivity index (χ2v) is 11.5. The average Bonchev–Trinajstić information content (AvgIpc) is 2.52. The largest absolute Gasteiger partial charge is 0.379 e. The summed E-state index contributed by atoms with van der Waals surface area (Å²) < 4.78 is 0. The van der Waals surface area contributed by atoms with Crippen LogP contribution in [0.3, 0.4) is 0 Å². The third kappa shape index (κ3) is 18.7. The minimum Gasteiger partial charge on any atom is -0.379 e. The van der Waals surface area contributed by atoms with Crippen molar-refractivity contribution in [2.75, 3.05) is 23.0 Å². The Hall–Kier alpha value is -0.370. The third-order valence-corrected chi connectivity index (χ3v) is 7.89. The highest BCUT2D eigenvalue weighted by molar-refractivity contribution is 8.14. The first kappa shape index (κ1) is 26.6. The number of hydrogen-bond donors (Lipinski definition) is 8. The topological polar surface area (TPSA) is 199 Å². The van der Waals surface area contributed by atoms with Gasteiger partial charge in [0.2, 0.25) is 0 Å². The maximum atomic E-state index is 7.35. The second kappa shape index (κ2) is 16.6. The van der Waals surface area contributed by atoms with Gasteiger partial charge in [-0.2, -0.15) is 11.8 Å². The van der Waals surface area contributed by atoms with Crippen LogP contribution in [0.1, 0.15) is 25.7 Å². The molecule has 0 rings (SSSR count). The van der Waals surface area contributed by atoms with Gasteiger partial charge in [-0.3, -0.25) is 21.6 Å². The maximum Gasteiger partial charge on any atom is 0.151 e. The molecule has 156 valence electrons. The first-order valence-corrected chi connectivity index (χ1v) is 13.1. The molecule has 0 spiro atoms. The van der Waals surface area contributed by atoms with Gasteiger partial charge in [0.05, 0.1) is 0 Å². The predicted molar refractivity (Wildman–Crippen MR) is 131 cm³/mol. The lowest BCUT2D eigenvalue weighted by Crippen LogP contribution is -2.18. The van der Waals surface area contributed by atoms with Crippen LogP contribution in [-0.2, 0) is 0 Å². The smallest absolute Gasteiger partial charge is 0.151 e. The number of hydrogen-bond acceptors (Lipinski definition) is 9. The molecule has 0 aromatic rings. The van der Waals surface area contributed by atoms with Crippen molar-refractivity contribution in [1.29, 1.82) is 21.6 Å². The van der Waals surface area contributed by atoms with Gasteiger partial charge >= 0.3 is 0 Å². The minimum absolute atomic E-state index is 0.129. The molecule has 0 fully saturated rings. The van der Waals surface area contributed by atoms with E-state index in [0.717, 1.165) is 48.7 Å². The number of nitrogens with two attached hydrogens (primary N) is 4. The normalized spacial score (nSPS) is 13.0. The van der Waals surface area contributed by atoms with Crippen LogP contribution in [0.15, 0.2) is 0 Å². The number of rotatable bonds is 14. The summed E-state index contributed by atoms with van der Waals surface area (Å²) >= 11 is 7.28. The van der Waals surface area contributed by atoms with E-state index in [1.165, 1.54) is 47.0 Å². The summed E-state index contributed by atoms with van der Waals surface area (Å²) in [5.74, 6) is 3.15. The van der Waals surface area contributed by atoms with Crippen LogP contribution in [0.5, 0.6) is 0 Å². The van der Waals surface area contributed by atoms with Crippen LogP contribution in [0, 0.1) is 21.6 Å². The zero-order valence-electron chi connectivity index (χ0n) is 15.2. The number of nitrogens with one attached hydrogen (secondary N) is 4. The molecule has 0 saturated heterocycles. The molecule has 0 aromatic carbocycles. The van der Waals surface area contributed by atoms with E-state index in [2.05, 4.69) is 0 Å². The summed E-state index contributed by atoms with van der Waals surface area (Å²) in [6, 6.07) is 0. The Morgan fingerprint density at radius 2 is 0.741 bits per heavy atom. The van der Waals surface area contributed by atoms with Crippen LogP contribution < -0.4 is 22.9 Å². The van der Waals surface area contributed by atoms with Crippen molar-refractivity contribution in [3.8, 4) is 0 Å². The lowest BCUT2D eigenvalue weighted by atomic mass is 10.2. The summed E-state index contributed by atoms with van der Waals surface area (Å²) in [5.41, 5.74) is 21.7. The Bertz CT molecular complexity index is 408. The van der Waals surface area contributed by atoms with Gasteiger partial charge in [-0.05, 0) is 25.7 Å². The third-order valence-electron chi connectivity index (χ3n) is 3.17. The molecule has 0 radical (unpaired) electrons. The Morgan fingerprint density at radius 1 is 0.519 bits per heavy atom. The van der Waals surface area contributed by atoms with E-state index in [1.807, 2.05) is 11.8 Å². The van der Waals surface area contributed by atoms with E-state index in [9.17, 15) is 0 Å². The number of thioether (sulfide) groups is 5. The standard InChI is InChI=1S/C14H30N8S5/c15-11(16)23-5-1-9(2-6-24-12(17)18)27-10(3-7-25-13(19)20)4-8-26-14(21)22/h9-10H,1-8H2,(H3,15,16)(H3,17,18)(H3,19,20)(H3,21,22). The van der Waals surface area contributed by atoms with Crippen LogP contribution in [-0.4, -0.2) is 54.2 Å². The molecule has 0 amide bonds. The molecule has 0 aromatic heterocycles. The van der Waals surface area contributed by atoms with Crippen LogP contribution in [0.2, 0.25) is 0 Å². The lowest BCUT2D eigenvalue weighted by molar-refractivity contribution is 0.765. The first-order chi connectivity index (χ1) is 12.7. The molecular formula is C14H30N8S5. The lowest BCUT2D eigenvalue weighted by Gasteiger charge is -2.23. The highest BCUT2D eigenvalue weighted by Crippen LogP contribution is 2.31. The quantitative estimate of drug-likeness (QED) is 0.139. The maximum absolute atomic E-state index is 7.35. The van der Waals surface area contributed by atoms with E-state index in [0.29, 0.717) is 10.5 Å². The average molecular weight is 471 g/mol. The highest BCUT2D eigenvalue weighted by Gasteiger charge is 2.18. The summed E-state index contributed by atoms with van der Waals surface area (Å²) in [6.45, 7) is 0. The van der Waals surface area contributed by atoms with Crippen molar-refractivity contribution in [2.45, 2.75) is 36.2 Å². The molecule has 0 aliphatic heterocycles. The van der Waals surface area contributed by atoms with Gasteiger partial charge < -0.3 is 22.9 Å². The molecule has 27 heavy (non-hydrogen) atoms. The van der Waals surface area contributed by atoms with E-state index in [1.54, 1.807) is 0 Å². The van der Waals surface area contributed by atoms with Crippen molar-refractivity contribution in [3.63, 3.8) is 0 Å². The van der Waals surface area contributed by atoms with Crippen LogP contribution in [0.25, 0.3) is 0 Å². The minimum atomic E-state index is 0.129. The van der Waals surface area contributed by atoms with Crippen LogP contribution >= 0.6 is 58.8 Å². The van der Waals surface area contributed by atoms with Gasteiger partial charge in [-0.25, -0.2) is 0 Å². The Balaban J connectivity index is 4.69. The highest BCUT2D eigenvalue weighted by atomic mass is 32.2. The van der Waals surface area contributed by atoms with Crippen molar-refractivity contribution < 1.29 is 0 Å². The van der Waals surface area contributed by atoms with Gasteiger partial charge in [0.1, 0.15) is 0 Å². The summed E-state index contributed by atoms with van der Waals surface area (Å²) in [7, 11) is 0. The van der Waals surface area contributed by atoms with E-state index < -0.39 is 0 Å². The van der Waals surface area contributed by atoms with Crippen molar-refractivity contribution in [2.24, 2.45) is 22.9 Å². The van der Waals surface area contributed by atoms with Crippen molar-refractivity contribution in [3.05, 3.63) is 0 Å². The summed E-state index contributed by atoms with van der Waals surface area (Å²) in [6.07, 6.45) is 3.68. The summed E-state index contributed by atoms with van der Waals surface area (Å²) in [4.78, 5) is 0. The number of amidine groups is 4. The second-order valence-electron chi connectivity index (χ2n) is 5.39. The zero-order valence-corrected chi connectivity index (χ0v) is 19.2. The molecule has 0 heterocycles. The Kier molecular flexibility index (Phi) is 16.3. The fourth-order valence-electron chi connectivity index (χ4n) is 2.03. The van der Waals surface area contributed by atoms with Gasteiger partial charge in [0.15, 0.2) is 20.7 Å². The fourth-order valence-corrected chi connectivity index (χ4v) is 6.68. The molecule has 12 N–H and O–H groups in total. The molecule has 8 nitrogen and oxygen atoms in total. The van der Waals surface area contributed by atoms with Crippen molar-refractivity contribution in [1.82, 2.24) is 0 Å². The summed E-state index contributed by atoms with van der Waals surface area (Å²) in [5, 5.41) is 30.7. The molecule has 13 heteroatoms. The molecule has 0 unspecified atom stereocenters. The van der Waals surface area contributed by atoms with E-state index in [-0.39, 0.29) is 20.7 Å². The zero-order chi connectivity index (χ0) is 20.7. The van der Waals surface area contributed by atoms with Gasteiger partial charge in [-0.15, -0.1) is 0 Å². The molecular weight excluding hydrogens is 441 g/mol. The first-order valence-electron chi connectivity index (χ1n) is 8.23. The van der Waals surface area contributed by atoms with Gasteiger partial charge in [0.25, 0.3) is 0 Å². The van der Waals surface area contributed by atoms with Gasteiger partial charge in [-0.1, -0.05) is 47.0 Å². The van der Waals surface area contributed by atoms with E-state index in [4.69, 9.17) is 44.6 Å².